The van der Waals surface area contributed by atoms with Crippen LogP contribution in [0.1, 0.15) is 0 Å². The van der Waals surface area contributed by atoms with Gasteiger partial charge in [0.25, 0.3) is 0 Å². The number of aromatic nitrogens is 4. The van der Waals surface area contributed by atoms with E-state index in [0.29, 0.717) is 0 Å². The molecule has 8 aromatic carbocycles. The highest BCUT2D eigenvalue weighted by atomic mass is 15.0. The van der Waals surface area contributed by atoms with Gasteiger partial charge in [0.05, 0.1) is 33.3 Å². The van der Waals surface area contributed by atoms with E-state index in [9.17, 15) is 0 Å². The summed E-state index contributed by atoms with van der Waals surface area (Å²) in [4.78, 5) is 7.16. The first-order chi connectivity index (χ1) is 25.8. The molecular formula is C48H32N4. The van der Waals surface area contributed by atoms with Crippen LogP contribution in [0.2, 0.25) is 0 Å². The molecule has 0 aliphatic heterocycles. The standard InChI is InChI=1S/2C24H16N2/c1-4-12-20-16(8-1)19-11-7-15-23(24(19)25-20)26-21-13-5-2-9-17(21)18-10-3-6-14-22(18)26;1-4-10-21-17(7-1)20-15-16(13-14-22(20)25-21)26-23-11-5-2-8-18(23)19-9-3-6-12-24(19)26/h2*1-15,25H. The van der Waals surface area contributed by atoms with E-state index >= 15 is 0 Å². The Balaban J connectivity index is 0.000000123. The molecule has 4 heterocycles. The zero-order valence-corrected chi connectivity index (χ0v) is 28.2. The predicted molar refractivity (Wildman–Crippen MR) is 220 cm³/mol. The molecule has 0 aliphatic carbocycles. The highest BCUT2D eigenvalue weighted by Crippen LogP contribution is 2.37. The zero-order chi connectivity index (χ0) is 34.2. The monoisotopic (exact) mass is 664 g/mol. The number of para-hydroxylation sites is 7. The lowest BCUT2D eigenvalue weighted by molar-refractivity contribution is 1.19. The summed E-state index contributed by atoms with van der Waals surface area (Å²) in [5, 5.41) is 10.2. The van der Waals surface area contributed by atoms with Gasteiger partial charge in [0.15, 0.2) is 0 Å². The number of hydrogen-bond donors (Lipinski definition) is 2. The summed E-state index contributed by atoms with van der Waals surface area (Å²) in [6.07, 6.45) is 0. The second kappa shape index (κ2) is 11.2. The Hall–Kier alpha value is -7.04. The van der Waals surface area contributed by atoms with Gasteiger partial charge in [-0.15, -0.1) is 0 Å². The Morgan fingerprint density at radius 2 is 0.712 bits per heavy atom. The van der Waals surface area contributed by atoms with Crippen LogP contribution in [0.25, 0.3) is 98.6 Å². The van der Waals surface area contributed by atoms with Crippen molar-refractivity contribution in [3.63, 3.8) is 0 Å². The number of aromatic amines is 2. The number of nitrogens with one attached hydrogen (secondary N) is 2. The van der Waals surface area contributed by atoms with Gasteiger partial charge in [-0.25, -0.2) is 0 Å². The minimum absolute atomic E-state index is 1.18. The molecule has 0 saturated heterocycles. The fourth-order valence-corrected chi connectivity index (χ4v) is 8.40. The quantitative estimate of drug-likeness (QED) is 0.185. The van der Waals surface area contributed by atoms with E-state index in [4.69, 9.17) is 0 Å². The summed E-state index contributed by atoms with van der Waals surface area (Å²) in [7, 11) is 0. The van der Waals surface area contributed by atoms with E-state index in [1.807, 2.05) is 0 Å². The van der Waals surface area contributed by atoms with Gasteiger partial charge < -0.3 is 19.1 Å². The summed E-state index contributed by atoms with van der Waals surface area (Å²) in [5.41, 5.74) is 12.1. The summed E-state index contributed by atoms with van der Waals surface area (Å²) in [6.45, 7) is 0. The number of fused-ring (bicyclic) bond motifs is 12. The molecule has 0 bridgehead atoms. The molecule has 4 aromatic heterocycles. The average Bonchev–Trinajstić information content (AvgIpc) is 3.96. The van der Waals surface area contributed by atoms with Crippen LogP contribution in [0.5, 0.6) is 0 Å². The van der Waals surface area contributed by atoms with Crippen molar-refractivity contribution in [2.24, 2.45) is 0 Å². The third kappa shape index (κ3) is 4.21. The lowest BCUT2D eigenvalue weighted by Crippen LogP contribution is -1.94. The van der Waals surface area contributed by atoms with Gasteiger partial charge in [0, 0.05) is 65.3 Å². The molecule has 0 radical (unpaired) electrons. The fraction of sp³-hybridized carbons (Fsp3) is 0. The average molecular weight is 665 g/mol. The minimum atomic E-state index is 1.18. The van der Waals surface area contributed by atoms with E-state index in [1.54, 1.807) is 0 Å². The van der Waals surface area contributed by atoms with Crippen molar-refractivity contribution in [1.29, 1.82) is 0 Å². The molecule has 4 nitrogen and oxygen atoms in total. The molecule has 0 spiro atoms. The van der Waals surface area contributed by atoms with Crippen LogP contribution < -0.4 is 0 Å². The third-order valence-electron chi connectivity index (χ3n) is 10.7. The topological polar surface area (TPSA) is 41.4 Å². The van der Waals surface area contributed by atoms with Crippen LogP contribution >= 0.6 is 0 Å². The summed E-state index contributed by atoms with van der Waals surface area (Å²) < 4.78 is 4.74. The van der Waals surface area contributed by atoms with Gasteiger partial charge in [-0.1, -0.05) is 121 Å². The first-order valence-electron chi connectivity index (χ1n) is 17.8. The molecule has 2 N–H and O–H groups in total. The molecule has 4 heteroatoms. The summed E-state index contributed by atoms with van der Waals surface area (Å²) in [5.74, 6) is 0. The van der Waals surface area contributed by atoms with Crippen molar-refractivity contribution >= 4 is 87.2 Å². The summed E-state index contributed by atoms with van der Waals surface area (Å²) in [6, 6.07) is 64.8. The van der Waals surface area contributed by atoms with Gasteiger partial charge in [0.1, 0.15) is 0 Å². The number of H-pyrrole nitrogens is 2. The lowest BCUT2D eigenvalue weighted by Gasteiger charge is -2.09. The van der Waals surface area contributed by atoms with E-state index in [-0.39, 0.29) is 0 Å². The molecule has 0 fully saturated rings. The van der Waals surface area contributed by atoms with Crippen molar-refractivity contribution < 1.29 is 0 Å². The molecule has 244 valence electrons. The summed E-state index contributed by atoms with van der Waals surface area (Å²) >= 11 is 0. The van der Waals surface area contributed by atoms with Crippen LogP contribution in [0.15, 0.2) is 182 Å². The SMILES string of the molecule is c1ccc2c(c1)[nH]c1c(-n3c4ccccc4c4ccccc43)cccc12.c1ccc2c(c1)[nH]c1ccc(-n3c4ccccc4c4ccccc43)cc12. The Morgan fingerprint density at radius 1 is 0.288 bits per heavy atom. The van der Waals surface area contributed by atoms with Gasteiger partial charge in [-0.2, -0.15) is 0 Å². The van der Waals surface area contributed by atoms with Crippen LogP contribution in [0, 0.1) is 0 Å². The first kappa shape index (κ1) is 28.8. The van der Waals surface area contributed by atoms with E-state index in [0.717, 1.165) is 0 Å². The second-order valence-corrected chi connectivity index (χ2v) is 13.5. The smallest absolute Gasteiger partial charge is 0.0709 e. The van der Waals surface area contributed by atoms with Crippen molar-refractivity contribution in [3.8, 4) is 11.4 Å². The van der Waals surface area contributed by atoms with Crippen molar-refractivity contribution in [2.75, 3.05) is 0 Å². The van der Waals surface area contributed by atoms with Crippen LogP contribution in [-0.2, 0) is 0 Å². The third-order valence-corrected chi connectivity index (χ3v) is 10.7. The number of hydrogen-bond acceptors (Lipinski definition) is 0. The predicted octanol–water partition coefficient (Wildman–Crippen LogP) is 12.8. The zero-order valence-electron chi connectivity index (χ0n) is 28.2. The Bertz CT molecular complexity index is 3190. The second-order valence-electron chi connectivity index (χ2n) is 13.5. The van der Waals surface area contributed by atoms with Gasteiger partial charge in [-0.3, -0.25) is 0 Å². The molecule has 0 aliphatic rings. The Labute approximate surface area is 298 Å². The number of benzene rings is 8. The molecular weight excluding hydrogens is 633 g/mol. The molecule has 52 heavy (non-hydrogen) atoms. The minimum Gasteiger partial charge on any atom is -0.355 e. The first-order valence-corrected chi connectivity index (χ1v) is 17.8. The molecule has 0 amide bonds. The number of nitrogens with zero attached hydrogens (tertiary/aromatic N) is 2. The number of rotatable bonds is 2. The van der Waals surface area contributed by atoms with Gasteiger partial charge in [0.2, 0.25) is 0 Å². The van der Waals surface area contributed by atoms with Crippen molar-refractivity contribution in [3.05, 3.63) is 182 Å². The van der Waals surface area contributed by atoms with E-state index < -0.39 is 0 Å². The molecule has 12 aromatic rings. The van der Waals surface area contributed by atoms with Crippen molar-refractivity contribution in [1.82, 2.24) is 19.1 Å². The van der Waals surface area contributed by atoms with E-state index in [1.165, 1.54) is 98.6 Å². The Kier molecular flexibility index (Phi) is 6.22. The largest absolute Gasteiger partial charge is 0.355 e. The highest BCUT2D eigenvalue weighted by molar-refractivity contribution is 6.14. The maximum absolute atomic E-state index is 3.64. The van der Waals surface area contributed by atoms with Crippen LogP contribution in [0.4, 0.5) is 0 Å². The van der Waals surface area contributed by atoms with Gasteiger partial charge in [-0.05, 0) is 60.7 Å². The lowest BCUT2D eigenvalue weighted by atomic mass is 10.1. The highest BCUT2D eigenvalue weighted by Gasteiger charge is 2.16. The molecule has 0 saturated carbocycles. The van der Waals surface area contributed by atoms with E-state index in [2.05, 4.69) is 201 Å². The van der Waals surface area contributed by atoms with Crippen LogP contribution in [-0.4, -0.2) is 19.1 Å². The fourth-order valence-electron chi connectivity index (χ4n) is 8.40. The molecule has 0 atom stereocenters. The molecule has 12 rings (SSSR count). The maximum Gasteiger partial charge on any atom is 0.0709 e. The van der Waals surface area contributed by atoms with Crippen molar-refractivity contribution in [2.45, 2.75) is 0 Å². The normalized spacial score (nSPS) is 11.8. The Morgan fingerprint density at radius 3 is 1.29 bits per heavy atom. The van der Waals surface area contributed by atoms with Crippen LogP contribution in [0.3, 0.4) is 0 Å². The van der Waals surface area contributed by atoms with Gasteiger partial charge >= 0.3 is 0 Å². The molecule has 0 unspecified atom stereocenters. The maximum atomic E-state index is 3.64.